The van der Waals surface area contributed by atoms with Gasteiger partial charge in [0.1, 0.15) is 0 Å². The van der Waals surface area contributed by atoms with Crippen LogP contribution >= 0.6 is 0 Å². The summed E-state index contributed by atoms with van der Waals surface area (Å²) in [6, 6.07) is 12.2. The minimum atomic E-state index is 0.367. The van der Waals surface area contributed by atoms with Crippen molar-refractivity contribution in [3.63, 3.8) is 0 Å². The molecule has 0 aromatic heterocycles. The van der Waals surface area contributed by atoms with Crippen molar-refractivity contribution in [1.29, 1.82) is 0 Å². The Kier molecular flexibility index (Phi) is 6.47. The average Bonchev–Trinajstić information content (AvgIpc) is 2.59. The van der Waals surface area contributed by atoms with Crippen molar-refractivity contribution >= 4 is 35.2 Å². The van der Waals surface area contributed by atoms with Crippen molar-refractivity contribution in [3.05, 3.63) is 36.4 Å². The first-order valence-corrected chi connectivity index (χ1v) is 12.5. The van der Waals surface area contributed by atoms with Gasteiger partial charge in [-0.1, -0.05) is 0 Å². The van der Waals surface area contributed by atoms with E-state index in [4.69, 9.17) is 18.9 Å². The van der Waals surface area contributed by atoms with Crippen LogP contribution in [0.2, 0.25) is 0 Å². The normalized spacial score (nSPS) is 10.2. The molecule has 0 N–H and O–H groups in total. The molecule has 0 fully saturated rings. The summed E-state index contributed by atoms with van der Waals surface area (Å²) in [4.78, 5) is 0. The predicted octanol–water partition coefficient (Wildman–Crippen LogP) is 0.995. The second-order valence-corrected chi connectivity index (χ2v) is 10.5. The Morgan fingerprint density at radius 1 is 0.545 bits per heavy atom. The Labute approximate surface area is 142 Å². The van der Waals surface area contributed by atoms with Gasteiger partial charge < -0.3 is 0 Å². The summed E-state index contributed by atoms with van der Waals surface area (Å²) in [6.45, 7) is 0. The summed E-state index contributed by atoms with van der Waals surface area (Å²) in [7, 11) is 6.62. The molecule has 0 heterocycles. The molecule has 0 unspecified atom stereocenters. The quantitative estimate of drug-likeness (QED) is 0.612. The average molecular weight is 432 g/mol. The van der Waals surface area contributed by atoms with Crippen molar-refractivity contribution < 1.29 is 18.9 Å². The van der Waals surface area contributed by atoms with Gasteiger partial charge in [0.2, 0.25) is 0 Å². The van der Waals surface area contributed by atoms with E-state index in [-0.39, 0.29) is 0 Å². The third kappa shape index (κ3) is 4.11. The van der Waals surface area contributed by atoms with E-state index < -0.39 is 0 Å². The molecule has 4 nitrogen and oxygen atoms in total. The van der Waals surface area contributed by atoms with E-state index in [1.54, 1.807) is 28.4 Å². The first-order chi connectivity index (χ1) is 10.7. The summed E-state index contributed by atoms with van der Waals surface area (Å²) >= 11 is 0.734. The number of methoxy groups -OCH3 is 4. The molecule has 2 rings (SSSR count). The molecule has 0 radical (unpaired) electrons. The van der Waals surface area contributed by atoms with Gasteiger partial charge in [-0.05, 0) is 0 Å². The monoisotopic (exact) mass is 434 g/mol. The maximum atomic E-state index is 5.35. The third-order valence-corrected chi connectivity index (χ3v) is 10.1. The van der Waals surface area contributed by atoms with Crippen LogP contribution in [0.4, 0.5) is 0 Å². The van der Waals surface area contributed by atoms with Crippen LogP contribution in [0.25, 0.3) is 0 Å². The van der Waals surface area contributed by atoms with Crippen LogP contribution in [0.3, 0.4) is 0 Å². The summed E-state index contributed by atoms with van der Waals surface area (Å²) in [5.41, 5.74) is 0. The van der Waals surface area contributed by atoms with E-state index in [0.717, 1.165) is 23.0 Å². The van der Waals surface area contributed by atoms with E-state index in [1.165, 1.54) is 8.92 Å². The van der Waals surface area contributed by atoms with Crippen molar-refractivity contribution in [2.24, 2.45) is 0 Å². The van der Waals surface area contributed by atoms with Gasteiger partial charge in [-0.3, -0.25) is 0 Å². The summed E-state index contributed by atoms with van der Waals surface area (Å²) in [5, 5.41) is 0. The van der Waals surface area contributed by atoms with E-state index >= 15 is 0 Å². The molecule has 0 bridgehead atoms. The van der Waals surface area contributed by atoms with Gasteiger partial charge >= 0.3 is 142 Å². The van der Waals surface area contributed by atoms with Gasteiger partial charge in [0.05, 0.1) is 0 Å². The molecule has 2 aromatic rings. The van der Waals surface area contributed by atoms with Gasteiger partial charge in [-0.25, -0.2) is 0 Å². The van der Waals surface area contributed by atoms with E-state index in [9.17, 15) is 0 Å². The van der Waals surface area contributed by atoms with Gasteiger partial charge in [0.25, 0.3) is 0 Å². The third-order valence-electron chi connectivity index (χ3n) is 2.94. The Morgan fingerprint density at radius 3 is 1.23 bits per heavy atom. The predicted molar refractivity (Wildman–Crippen MR) is 89.9 cm³/mol. The van der Waals surface area contributed by atoms with Gasteiger partial charge in [-0.2, -0.15) is 0 Å². The van der Waals surface area contributed by atoms with Gasteiger partial charge in [0.15, 0.2) is 0 Å². The number of hydrogen-bond donors (Lipinski definition) is 0. The number of ether oxygens (including phenoxy) is 4. The second-order valence-electron chi connectivity index (χ2n) is 4.20. The molecule has 6 heteroatoms. The summed E-state index contributed by atoms with van der Waals surface area (Å²) in [5.74, 6) is 3.09. The van der Waals surface area contributed by atoms with Crippen LogP contribution in [-0.4, -0.2) is 54.7 Å². The van der Waals surface area contributed by atoms with Crippen molar-refractivity contribution in [2.45, 2.75) is 0 Å². The number of benzene rings is 2. The van der Waals surface area contributed by atoms with Crippen LogP contribution in [0.1, 0.15) is 0 Å². The maximum absolute atomic E-state index is 5.35. The summed E-state index contributed by atoms with van der Waals surface area (Å²) < 4.78 is 23.8. The van der Waals surface area contributed by atoms with Crippen LogP contribution in [-0.2, 0) is 0 Å². The molecule has 0 saturated carbocycles. The molecule has 2 aromatic carbocycles. The Morgan fingerprint density at radius 2 is 0.909 bits per heavy atom. The number of rotatable bonds is 7. The van der Waals surface area contributed by atoms with Gasteiger partial charge in [-0.15, -0.1) is 0 Å². The molecule has 0 aliphatic heterocycles. The van der Waals surface area contributed by atoms with Crippen LogP contribution < -0.4 is 27.9 Å². The molecule has 0 atom stereocenters. The SMILES string of the molecule is COc1ccc([Se][Se]c2ccc(OC)c(OC)c2)cc1OC. The minimum absolute atomic E-state index is 0.367. The molecule has 0 amide bonds. The van der Waals surface area contributed by atoms with E-state index in [1.807, 2.05) is 12.1 Å². The van der Waals surface area contributed by atoms with Crippen LogP contribution in [0, 0.1) is 0 Å². The zero-order valence-corrected chi connectivity index (χ0v) is 16.3. The van der Waals surface area contributed by atoms with Crippen molar-refractivity contribution in [1.82, 2.24) is 0 Å². The first-order valence-electron chi connectivity index (χ1n) is 6.50. The standard InChI is InChI=1S/C16H18O4Se2/c1-17-13-7-5-11(9-15(13)19-3)21-22-12-6-8-14(18-2)16(10-12)20-4/h5-10H,1-4H3. The van der Waals surface area contributed by atoms with Crippen molar-refractivity contribution in [2.75, 3.05) is 28.4 Å². The molecule has 0 saturated heterocycles. The molecule has 0 spiro atoms. The molecule has 22 heavy (non-hydrogen) atoms. The fourth-order valence-corrected chi connectivity index (χ4v) is 7.76. The second kappa shape index (κ2) is 8.35. The van der Waals surface area contributed by atoms with Crippen LogP contribution in [0.15, 0.2) is 36.4 Å². The van der Waals surface area contributed by atoms with Gasteiger partial charge in [0, 0.05) is 0 Å². The number of hydrogen-bond acceptors (Lipinski definition) is 4. The van der Waals surface area contributed by atoms with Crippen LogP contribution in [0.5, 0.6) is 23.0 Å². The molecule has 0 aliphatic carbocycles. The fraction of sp³-hybridized carbons (Fsp3) is 0.250. The zero-order chi connectivity index (χ0) is 15.9. The van der Waals surface area contributed by atoms with E-state index in [2.05, 4.69) is 24.3 Å². The Balaban J connectivity index is 2.09. The Bertz CT molecular complexity index is 576. The summed E-state index contributed by atoms with van der Waals surface area (Å²) in [6.07, 6.45) is 0. The first kappa shape index (κ1) is 17.0. The van der Waals surface area contributed by atoms with E-state index in [0.29, 0.717) is 26.3 Å². The topological polar surface area (TPSA) is 36.9 Å². The molecule has 118 valence electrons. The molecular weight excluding hydrogens is 414 g/mol. The fourth-order valence-electron chi connectivity index (χ4n) is 1.83. The molecular formula is C16H18O4Se2. The zero-order valence-electron chi connectivity index (χ0n) is 12.9. The molecule has 0 aliphatic rings. The van der Waals surface area contributed by atoms with Crippen molar-refractivity contribution in [3.8, 4) is 23.0 Å². The Hall–Kier alpha value is -1.32.